The Balaban J connectivity index is 1.29. The van der Waals surface area contributed by atoms with Crippen molar-refractivity contribution in [2.45, 2.75) is 69.4 Å². The molecule has 4 aliphatic carbocycles. The van der Waals surface area contributed by atoms with Crippen molar-refractivity contribution < 1.29 is 19.0 Å². The van der Waals surface area contributed by atoms with E-state index in [4.69, 9.17) is 9.72 Å². The summed E-state index contributed by atoms with van der Waals surface area (Å²) in [6.07, 6.45) is 6.81. The average molecular weight is 565 g/mol. The summed E-state index contributed by atoms with van der Waals surface area (Å²) < 4.78 is 21.4. The highest BCUT2D eigenvalue weighted by Gasteiger charge is 2.60. The second-order valence-corrected chi connectivity index (χ2v) is 12.5. The van der Waals surface area contributed by atoms with Crippen LogP contribution in [-0.2, 0) is 12.0 Å². The van der Waals surface area contributed by atoms with Crippen molar-refractivity contribution in [3.8, 4) is 11.8 Å². The second kappa shape index (κ2) is 9.12. The topological polar surface area (TPSA) is 135 Å². The molecule has 0 amide bonds. The summed E-state index contributed by atoms with van der Waals surface area (Å²) in [5.41, 5.74) is 0.00633. The van der Waals surface area contributed by atoms with Gasteiger partial charge in [-0.15, -0.1) is 11.3 Å². The highest BCUT2D eigenvalue weighted by atomic mass is 32.1. The number of H-pyrrole nitrogens is 1. The molecular weight excluding hydrogens is 535 g/mol. The van der Waals surface area contributed by atoms with Gasteiger partial charge in [-0.25, -0.2) is 19.2 Å². The number of halogens is 1. The zero-order chi connectivity index (χ0) is 27.6. The number of ether oxygens (including phenoxy) is 1. The van der Waals surface area contributed by atoms with Crippen molar-refractivity contribution in [1.82, 2.24) is 24.5 Å². The van der Waals surface area contributed by atoms with Crippen LogP contribution in [0.5, 0.6) is 11.8 Å². The normalized spacial score (nSPS) is 26.9. The minimum absolute atomic E-state index is 0.0301. The summed E-state index contributed by atoms with van der Waals surface area (Å²) in [4.78, 5) is 41.4. The van der Waals surface area contributed by atoms with Crippen molar-refractivity contribution in [3.63, 3.8) is 0 Å². The first-order valence-corrected chi connectivity index (χ1v) is 14.5. The molecular formula is C28H29FN6O4S. The third-order valence-corrected chi connectivity index (χ3v) is 9.44. The van der Waals surface area contributed by atoms with Crippen LogP contribution in [0.4, 0.5) is 9.52 Å². The van der Waals surface area contributed by atoms with Gasteiger partial charge in [0.1, 0.15) is 17.4 Å². The summed E-state index contributed by atoms with van der Waals surface area (Å²) in [5, 5.41) is 15.2. The molecule has 3 heterocycles. The van der Waals surface area contributed by atoms with Crippen LogP contribution in [0.25, 0.3) is 11.2 Å². The molecule has 3 N–H and O–H groups in total. The number of aromatic carboxylic acids is 1. The number of carbonyl (C=O) groups is 1. The number of nitrogens with zero attached hydrogens (tertiary/aromatic N) is 4. The number of carboxylic acid groups (broad SMARTS) is 1. The van der Waals surface area contributed by atoms with Crippen molar-refractivity contribution in [3.05, 3.63) is 57.3 Å². The number of hydrogen-bond acceptors (Lipinski definition) is 8. The van der Waals surface area contributed by atoms with Crippen molar-refractivity contribution >= 4 is 33.6 Å². The molecule has 4 saturated carbocycles. The zero-order valence-corrected chi connectivity index (χ0v) is 22.8. The molecule has 2 atom stereocenters. The van der Waals surface area contributed by atoms with Crippen LogP contribution in [0.3, 0.4) is 0 Å². The number of nitrogens with one attached hydrogen (secondary N) is 2. The summed E-state index contributed by atoms with van der Waals surface area (Å²) in [6.45, 7) is 2.70. The molecule has 10 nitrogen and oxygen atoms in total. The van der Waals surface area contributed by atoms with Crippen LogP contribution in [0.1, 0.15) is 68.2 Å². The highest BCUT2D eigenvalue weighted by Crippen LogP contribution is 2.63. The number of hydrogen-bond donors (Lipinski definition) is 3. The summed E-state index contributed by atoms with van der Waals surface area (Å²) in [6, 6.07) is 5.64. The Kier molecular flexibility index (Phi) is 5.74. The van der Waals surface area contributed by atoms with Gasteiger partial charge in [0.2, 0.25) is 0 Å². The number of aromatic amines is 1. The molecule has 1 aromatic carbocycles. The van der Waals surface area contributed by atoms with E-state index in [0.717, 1.165) is 44.3 Å². The fourth-order valence-electron chi connectivity index (χ4n) is 7.89. The molecule has 8 rings (SSSR count). The maximum Gasteiger partial charge on any atom is 0.355 e. The Morgan fingerprint density at radius 2 is 2.05 bits per heavy atom. The minimum Gasteiger partial charge on any atom is -0.476 e. The number of carboxylic acids is 1. The van der Waals surface area contributed by atoms with Gasteiger partial charge in [-0.2, -0.15) is 4.98 Å². The number of imidazole rings is 1. The Bertz CT molecular complexity index is 1680. The van der Waals surface area contributed by atoms with E-state index in [1.165, 1.54) is 36.0 Å². The maximum absolute atomic E-state index is 13.7. The van der Waals surface area contributed by atoms with E-state index in [-0.39, 0.29) is 34.0 Å². The third-order valence-electron chi connectivity index (χ3n) is 8.68. The molecule has 0 spiro atoms. The van der Waals surface area contributed by atoms with Gasteiger partial charge < -0.3 is 19.7 Å². The van der Waals surface area contributed by atoms with Crippen LogP contribution in [0, 0.1) is 17.7 Å². The number of anilines is 1. The average Bonchev–Trinajstić information content (AvgIpc) is 3.49. The van der Waals surface area contributed by atoms with Gasteiger partial charge in [0.15, 0.2) is 22.0 Å². The molecule has 0 aliphatic heterocycles. The molecule has 208 valence electrons. The summed E-state index contributed by atoms with van der Waals surface area (Å²) in [7, 11) is 0. The number of thiazole rings is 1. The lowest BCUT2D eigenvalue weighted by atomic mass is 9.46. The van der Waals surface area contributed by atoms with Gasteiger partial charge >= 0.3 is 12.0 Å². The predicted molar refractivity (Wildman–Crippen MR) is 147 cm³/mol. The Hall–Kier alpha value is -3.80. The van der Waals surface area contributed by atoms with Gasteiger partial charge in [-0.3, -0.25) is 9.78 Å². The summed E-state index contributed by atoms with van der Waals surface area (Å²) >= 11 is 1.32. The maximum atomic E-state index is 13.7. The second-order valence-electron chi connectivity index (χ2n) is 11.7. The van der Waals surface area contributed by atoms with E-state index in [2.05, 4.69) is 27.2 Å². The molecule has 12 heteroatoms. The minimum atomic E-state index is -1.03. The summed E-state index contributed by atoms with van der Waals surface area (Å²) in [5.74, 6) is 0.644. The number of rotatable bonds is 8. The Morgan fingerprint density at radius 3 is 2.75 bits per heavy atom. The van der Waals surface area contributed by atoms with Crippen LogP contribution < -0.4 is 15.6 Å². The first-order chi connectivity index (χ1) is 19.2. The van der Waals surface area contributed by atoms with Crippen LogP contribution >= 0.6 is 11.3 Å². The molecule has 40 heavy (non-hydrogen) atoms. The monoisotopic (exact) mass is 564 g/mol. The number of benzene rings is 1. The molecule has 4 aliphatic rings. The van der Waals surface area contributed by atoms with E-state index in [9.17, 15) is 19.1 Å². The SMILES string of the molecule is CCCn1c(C23CC4CC(CC(Nc5nc(C(=O)O)cs5)(C4)C2)C3)nc2nc(Oc3cccc(F)c3)[nH]c(=O)c21. The highest BCUT2D eigenvalue weighted by molar-refractivity contribution is 7.13. The first kappa shape index (κ1) is 25.2. The molecule has 4 fully saturated rings. The van der Waals surface area contributed by atoms with E-state index in [1.807, 2.05) is 4.57 Å². The standard InChI is InChI=1S/C28H29FN6O4S/c1-2-6-35-20-21(32-25(33-22(20)36)39-18-5-3-4-17(29)8-18)31-24(35)27-9-15-7-16(10-27)12-28(11-15,14-27)34-26-30-19(13-40-26)23(37)38/h3-5,8,13,15-16H,2,6-7,9-12,14H2,1H3,(H,30,34)(H,37,38)(H,32,33,36). The zero-order valence-electron chi connectivity index (χ0n) is 21.9. The molecule has 4 aromatic rings. The van der Waals surface area contributed by atoms with Gasteiger partial charge in [0.05, 0.1) is 0 Å². The lowest BCUT2D eigenvalue weighted by Gasteiger charge is -2.61. The fourth-order valence-corrected chi connectivity index (χ4v) is 8.69. The Morgan fingerprint density at radius 1 is 1.25 bits per heavy atom. The first-order valence-electron chi connectivity index (χ1n) is 13.7. The Labute approximate surface area is 232 Å². The fraction of sp³-hybridized carbons (Fsp3) is 0.464. The largest absolute Gasteiger partial charge is 0.476 e. The number of fused-ring (bicyclic) bond motifs is 1. The predicted octanol–water partition coefficient (Wildman–Crippen LogP) is 5.32. The van der Waals surface area contributed by atoms with Crippen molar-refractivity contribution in [1.29, 1.82) is 0 Å². The van der Waals surface area contributed by atoms with E-state index >= 15 is 0 Å². The molecule has 3 aromatic heterocycles. The van der Waals surface area contributed by atoms with Gasteiger partial charge in [-0.05, 0) is 68.9 Å². The van der Waals surface area contributed by atoms with Crippen molar-refractivity contribution in [2.24, 2.45) is 11.8 Å². The smallest absolute Gasteiger partial charge is 0.355 e. The number of aryl methyl sites for hydroxylation is 1. The lowest BCUT2D eigenvalue weighted by Crippen LogP contribution is -2.61. The molecule has 2 unspecified atom stereocenters. The third kappa shape index (κ3) is 4.16. The van der Waals surface area contributed by atoms with Crippen LogP contribution in [0.2, 0.25) is 0 Å². The van der Waals surface area contributed by atoms with E-state index < -0.39 is 11.8 Å². The quantitative estimate of drug-likeness (QED) is 0.262. The van der Waals surface area contributed by atoms with Gasteiger partial charge in [0, 0.05) is 28.9 Å². The molecule has 0 radical (unpaired) electrons. The van der Waals surface area contributed by atoms with Gasteiger partial charge in [-0.1, -0.05) is 13.0 Å². The molecule has 4 bridgehead atoms. The van der Waals surface area contributed by atoms with E-state index in [0.29, 0.717) is 34.7 Å². The molecule has 0 saturated heterocycles. The van der Waals surface area contributed by atoms with Gasteiger partial charge in [0.25, 0.3) is 5.56 Å². The van der Waals surface area contributed by atoms with Crippen LogP contribution in [-0.4, -0.2) is 41.1 Å². The number of aromatic nitrogens is 5. The van der Waals surface area contributed by atoms with Crippen LogP contribution in [0.15, 0.2) is 34.4 Å². The lowest BCUT2D eigenvalue weighted by molar-refractivity contribution is -0.0185. The van der Waals surface area contributed by atoms with Crippen molar-refractivity contribution in [2.75, 3.05) is 5.32 Å². The van der Waals surface area contributed by atoms with E-state index in [1.54, 1.807) is 11.4 Å².